The molecule has 0 aliphatic carbocycles. The number of sulfonamides is 1. The Hall–Kier alpha value is -1.07. The first-order chi connectivity index (χ1) is 9.47. The fourth-order valence-corrected chi connectivity index (χ4v) is 3.53. The fraction of sp³-hybridized carbons (Fsp3) is 0.600. The van der Waals surface area contributed by atoms with Gasteiger partial charge in [-0.25, -0.2) is 8.42 Å². The number of rotatable bonds is 8. The smallest absolute Gasteiger partial charge is 0.243 e. The normalized spacial score (nSPS) is 11.8. The second-order valence-corrected chi connectivity index (χ2v) is 6.66. The van der Waals surface area contributed by atoms with Gasteiger partial charge in [0.2, 0.25) is 10.0 Å². The van der Waals surface area contributed by atoms with E-state index in [9.17, 15) is 8.42 Å². The lowest BCUT2D eigenvalue weighted by Gasteiger charge is -2.19. The number of nitrogens with zero attached hydrogens (tertiary/aromatic N) is 1. The van der Waals surface area contributed by atoms with E-state index in [0.717, 1.165) is 24.2 Å². The molecule has 114 valence electrons. The quantitative estimate of drug-likeness (QED) is 0.693. The maximum absolute atomic E-state index is 12.4. The Morgan fingerprint density at radius 2 is 1.80 bits per heavy atom. The molecule has 0 saturated heterocycles. The van der Waals surface area contributed by atoms with Crippen molar-refractivity contribution in [2.24, 2.45) is 0 Å². The van der Waals surface area contributed by atoms with Crippen LogP contribution in [0.5, 0.6) is 5.75 Å². The molecular weight excluding hydrogens is 274 g/mol. The molecule has 0 atom stereocenters. The lowest BCUT2D eigenvalue weighted by atomic mass is 10.2. The number of unbranched alkanes of at least 4 members (excludes halogenated alkanes) is 1. The molecule has 1 aromatic carbocycles. The van der Waals surface area contributed by atoms with Crippen LogP contribution < -0.4 is 4.74 Å². The van der Waals surface area contributed by atoms with E-state index in [1.165, 1.54) is 4.31 Å². The summed E-state index contributed by atoms with van der Waals surface area (Å²) in [6.45, 7) is 9.30. The van der Waals surface area contributed by atoms with E-state index in [2.05, 4.69) is 6.92 Å². The first kappa shape index (κ1) is 17.0. The van der Waals surface area contributed by atoms with Gasteiger partial charge in [-0.05, 0) is 37.1 Å². The largest absolute Gasteiger partial charge is 0.493 e. The molecule has 0 heterocycles. The van der Waals surface area contributed by atoms with Crippen LogP contribution in [0.15, 0.2) is 23.1 Å². The van der Waals surface area contributed by atoms with Gasteiger partial charge < -0.3 is 4.74 Å². The summed E-state index contributed by atoms with van der Waals surface area (Å²) < 4.78 is 31.9. The summed E-state index contributed by atoms with van der Waals surface area (Å²) in [5.74, 6) is 0.761. The van der Waals surface area contributed by atoms with E-state index in [-0.39, 0.29) is 0 Å². The van der Waals surface area contributed by atoms with Crippen LogP contribution in [0.4, 0.5) is 0 Å². The van der Waals surface area contributed by atoms with Gasteiger partial charge in [0.25, 0.3) is 0 Å². The second-order valence-electron chi connectivity index (χ2n) is 4.72. The molecule has 0 spiro atoms. The maximum Gasteiger partial charge on any atom is 0.243 e. The van der Waals surface area contributed by atoms with Crippen molar-refractivity contribution >= 4 is 10.0 Å². The van der Waals surface area contributed by atoms with Crippen LogP contribution in [0.2, 0.25) is 0 Å². The van der Waals surface area contributed by atoms with Crippen LogP contribution in [-0.4, -0.2) is 32.4 Å². The Balaban J connectivity index is 2.97. The summed E-state index contributed by atoms with van der Waals surface area (Å²) in [4.78, 5) is 0.335. The zero-order chi connectivity index (χ0) is 15.2. The van der Waals surface area contributed by atoms with E-state index < -0.39 is 10.0 Å². The Kier molecular flexibility index (Phi) is 6.49. The van der Waals surface area contributed by atoms with Gasteiger partial charge in [-0.15, -0.1) is 0 Å². The average molecular weight is 299 g/mol. The van der Waals surface area contributed by atoms with Crippen LogP contribution in [0.1, 0.15) is 39.2 Å². The highest BCUT2D eigenvalue weighted by Gasteiger charge is 2.22. The minimum atomic E-state index is -3.39. The van der Waals surface area contributed by atoms with Crippen molar-refractivity contribution in [2.75, 3.05) is 19.7 Å². The van der Waals surface area contributed by atoms with Crippen molar-refractivity contribution in [1.82, 2.24) is 4.31 Å². The van der Waals surface area contributed by atoms with Gasteiger partial charge >= 0.3 is 0 Å². The predicted octanol–water partition coefficient (Wildman–Crippen LogP) is 3.20. The van der Waals surface area contributed by atoms with Crippen molar-refractivity contribution in [3.8, 4) is 5.75 Å². The average Bonchev–Trinajstić information content (AvgIpc) is 2.41. The molecule has 0 fully saturated rings. The zero-order valence-electron chi connectivity index (χ0n) is 12.8. The summed E-state index contributed by atoms with van der Waals surface area (Å²) in [7, 11) is -3.39. The van der Waals surface area contributed by atoms with E-state index >= 15 is 0 Å². The number of ether oxygens (including phenoxy) is 1. The summed E-state index contributed by atoms with van der Waals surface area (Å²) in [6, 6.07) is 5.07. The molecule has 0 unspecified atom stereocenters. The van der Waals surface area contributed by atoms with E-state index in [4.69, 9.17) is 4.74 Å². The van der Waals surface area contributed by atoms with Crippen LogP contribution in [0.3, 0.4) is 0 Å². The minimum Gasteiger partial charge on any atom is -0.493 e. The molecular formula is C15H25NO3S. The third-order valence-electron chi connectivity index (χ3n) is 3.25. The summed E-state index contributed by atoms with van der Waals surface area (Å²) in [6.07, 6.45) is 2.08. The molecule has 0 bridgehead atoms. The third kappa shape index (κ3) is 3.96. The Morgan fingerprint density at radius 1 is 1.15 bits per heavy atom. The highest BCUT2D eigenvalue weighted by Crippen LogP contribution is 2.24. The van der Waals surface area contributed by atoms with Gasteiger partial charge in [-0.2, -0.15) is 4.31 Å². The first-order valence-corrected chi connectivity index (χ1v) is 8.64. The first-order valence-electron chi connectivity index (χ1n) is 7.20. The van der Waals surface area contributed by atoms with Gasteiger partial charge in [0, 0.05) is 13.1 Å². The second kappa shape index (κ2) is 7.64. The molecule has 0 saturated carbocycles. The number of hydrogen-bond acceptors (Lipinski definition) is 3. The molecule has 0 N–H and O–H groups in total. The van der Waals surface area contributed by atoms with Gasteiger partial charge in [0.1, 0.15) is 5.75 Å². The monoisotopic (exact) mass is 299 g/mol. The topological polar surface area (TPSA) is 46.6 Å². The summed E-state index contributed by atoms with van der Waals surface area (Å²) in [5.41, 5.74) is 0.856. The molecule has 0 aliphatic heterocycles. The van der Waals surface area contributed by atoms with Crippen LogP contribution in [0, 0.1) is 6.92 Å². The van der Waals surface area contributed by atoms with Crippen LogP contribution in [-0.2, 0) is 10.0 Å². The molecule has 0 amide bonds. The Labute approximate surface area is 122 Å². The summed E-state index contributed by atoms with van der Waals surface area (Å²) in [5, 5.41) is 0. The van der Waals surface area contributed by atoms with Crippen molar-refractivity contribution in [3.05, 3.63) is 23.8 Å². The minimum absolute atomic E-state index is 0.335. The lowest BCUT2D eigenvalue weighted by Crippen LogP contribution is -2.30. The highest BCUT2D eigenvalue weighted by molar-refractivity contribution is 7.89. The Morgan fingerprint density at radius 3 is 2.30 bits per heavy atom. The van der Waals surface area contributed by atoms with Crippen molar-refractivity contribution in [2.45, 2.75) is 45.4 Å². The number of aryl methyl sites for hydroxylation is 1. The van der Waals surface area contributed by atoms with E-state index in [1.807, 2.05) is 20.8 Å². The standard InChI is InChI=1S/C15H25NO3S/c1-5-8-11-19-15-10-9-14(12-13(15)4)20(17,18)16(6-2)7-3/h9-10,12H,5-8,11H2,1-4H3. The van der Waals surface area contributed by atoms with E-state index in [1.54, 1.807) is 18.2 Å². The van der Waals surface area contributed by atoms with Crippen LogP contribution in [0.25, 0.3) is 0 Å². The molecule has 5 heteroatoms. The maximum atomic E-state index is 12.4. The molecule has 4 nitrogen and oxygen atoms in total. The van der Waals surface area contributed by atoms with Crippen molar-refractivity contribution in [1.29, 1.82) is 0 Å². The third-order valence-corrected chi connectivity index (χ3v) is 5.29. The van der Waals surface area contributed by atoms with Gasteiger partial charge in [-0.3, -0.25) is 0 Å². The SMILES string of the molecule is CCCCOc1ccc(S(=O)(=O)N(CC)CC)cc1C. The van der Waals surface area contributed by atoms with Crippen LogP contribution >= 0.6 is 0 Å². The molecule has 20 heavy (non-hydrogen) atoms. The fourth-order valence-electron chi connectivity index (χ4n) is 1.98. The van der Waals surface area contributed by atoms with Crippen molar-refractivity contribution < 1.29 is 13.2 Å². The summed E-state index contributed by atoms with van der Waals surface area (Å²) >= 11 is 0. The molecule has 1 rings (SSSR count). The molecule has 1 aromatic rings. The number of benzene rings is 1. The van der Waals surface area contributed by atoms with Crippen molar-refractivity contribution in [3.63, 3.8) is 0 Å². The number of hydrogen-bond donors (Lipinski definition) is 0. The van der Waals surface area contributed by atoms with Gasteiger partial charge in [0.15, 0.2) is 0 Å². The molecule has 0 aromatic heterocycles. The molecule has 0 aliphatic rings. The highest BCUT2D eigenvalue weighted by atomic mass is 32.2. The van der Waals surface area contributed by atoms with Gasteiger partial charge in [0.05, 0.1) is 11.5 Å². The van der Waals surface area contributed by atoms with E-state index in [0.29, 0.717) is 24.6 Å². The Bertz CT molecular complexity index is 522. The lowest BCUT2D eigenvalue weighted by molar-refractivity contribution is 0.307. The predicted molar refractivity (Wildman–Crippen MR) is 81.7 cm³/mol. The molecule has 0 radical (unpaired) electrons. The van der Waals surface area contributed by atoms with Gasteiger partial charge in [-0.1, -0.05) is 27.2 Å². The zero-order valence-corrected chi connectivity index (χ0v) is 13.7.